The highest BCUT2D eigenvalue weighted by Gasteiger charge is 2.32. The van der Waals surface area contributed by atoms with Gasteiger partial charge < -0.3 is 9.64 Å². The summed E-state index contributed by atoms with van der Waals surface area (Å²) in [4.78, 5) is 22.1. The van der Waals surface area contributed by atoms with Crippen LogP contribution in [0.3, 0.4) is 0 Å². The Hall–Kier alpha value is -2.61. The molecule has 2 aliphatic carbocycles. The molecule has 0 radical (unpaired) electrons. The summed E-state index contributed by atoms with van der Waals surface area (Å²) < 4.78 is 8.42. The van der Waals surface area contributed by atoms with Crippen molar-refractivity contribution in [2.45, 2.75) is 89.9 Å². The molecule has 0 N–H and O–H groups in total. The van der Waals surface area contributed by atoms with Crippen LogP contribution in [0.25, 0.3) is 11.2 Å². The van der Waals surface area contributed by atoms with E-state index in [4.69, 9.17) is 24.7 Å². The zero-order valence-electron chi connectivity index (χ0n) is 19.9. The first kappa shape index (κ1) is 21.0. The summed E-state index contributed by atoms with van der Waals surface area (Å²) in [6.07, 6.45) is 12.8. The molecule has 2 saturated carbocycles. The highest BCUT2D eigenvalue weighted by atomic mass is 16.5. The van der Waals surface area contributed by atoms with Crippen LogP contribution in [0.15, 0.2) is 12.4 Å². The van der Waals surface area contributed by atoms with Crippen LogP contribution in [-0.2, 0) is 4.74 Å². The van der Waals surface area contributed by atoms with Gasteiger partial charge in [-0.05, 0) is 46.5 Å². The molecule has 0 bridgehead atoms. The van der Waals surface area contributed by atoms with Gasteiger partial charge in [-0.1, -0.05) is 19.3 Å². The van der Waals surface area contributed by atoms with Crippen LogP contribution in [0.4, 0.5) is 5.95 Å². The van der Waals surface area contributed by atoms with Crippen molar-refractivity contribution < 1.29 is 4.74 Å². The van der Waals surface area contributed by atoms with Crippen LogP contribution >= 0.6 is 0 Å². The Labute approximate surface area is 194 Å². The Kier molecular flexibility index (Phi) is 5.28. The lowest BCUT2D eigenvalue weighted by Crippen LogP contribution is -2.43. The van der Waals surface area contributed by atoms with Gasteiger partial charge in [0.25, 0.3) is 0 Å². The summed E-state index contributed by atoms with van der Waals surface area (Å²) in [5.74, 6) is 1.20. The lowest BCUT2D eigenvalue weighted by molar-refractivity contribution is -0.0179. The van der Waals surface area contributed by atoms with Gasteiger partial charge in [0.05, 0.1) is 42.0 Å². The predicted molar refractivity (Wildman–Crippen MR) is 126 cm³/mol. The van der Waals surface area contributed by atoms with Gasteiger partial charge in [0, 0.05) is 24.2 Å². The third-order valence-electron chi connectivity index (χ3n) is 7.41. The minimum Gasteiger partial charge on any atom is -0.367 e. The zero-order valence-corrected chi connectivity index (χ0v) is 19.9. The SMILES string of the molecule is Cc1nc2nc(N3CC(C)OC(c4cnn(C5CC5)c4)C3)nc(C3CCCCC3)c2nc1C. The normalized spacial score (nSPS) is 24.5. The van der Waals surface area contributed by atoms with Crippen molar-refractivity contribution in [2.24, 2.45) is 0 Å². The fraction of sp³-hybridized carbons (Fsp3) is 0.640. The molecule has 174 valence electrons. The second-order valence-corrected chi connectivity index (χ2v) is 10.1. The third kappa shape index (κ3) is 4.09. The molecule has 1 saturated heterocycles. The minimum atomic E-state index is -0.0375. The van der Waals surface area contributed by atoms with Crippen LogP contribution in [0.5, 0.6) is 0 Å². The molecular weight excluding hydrogens is 414 g/mol. The van der Waals surface area contributed by atoms with Crippen molar-refractivity contribution in [1.82, 2.24) is 29.7 Å². The molecule has 1 aliphatic heterocycles. The summed E-state index contributed by atoms with van der Waals surface area (Å²) in [6.45, 7) is 7.64. The average molecular weight is 448 g/mol. The molecule has 8 heteroatoms. The third-order valence-corrected chi connectivity index (χ3v) is 7.41. The number of morpholine rings is 1. The highest BCUT2D eigenvalue weighted by molar-refractivity contribution is 5.75. The van der Waals surface area contributed by atoms with Crippen molar-refractivity contribution >= 4 is 17.1 Å². The first-order valence-corrected chi connectivity index (χ1v) is 12.5. The van der Waals surface area contributed by atoms with Gasteiger partial charge in [-0.3, -0.25) is 4.68 Å². The molecule has 4 heterocycles. The van der Waals surface area contributed by atoms with Crippen molar-refractivity contribution in [2.75, 3.05) is 18.0 Å². The molecule has 3 aromatic rings. The number of aromatic nitrogens is 6. The van der Waals surface area contributed by atoms with Crippen molar-refractivity contribution in [1.29, 1.82) is 0 Å². The van der Waals surface area contributed by atoms with Crippen LogP contribution in [0.2, 0.25) is 0 Å². The fourth-order valence-corrected chi connectivity index (χ4v) is 5.28. The summed E-state index contributed by atoms with van der Waals surface area (Å²) >= 11 is 0. The second-order valence-electron chi connectivity index (χ2n) is 10.1. The number of rotatable bonds is 4. The van der Waals surface area contributed by atoms with E-state index in [9.17, 15) is 0 Å². The number of ether oxygens (including phenoxy) is 1. The van der Waals surface area contributed by atoms with Crippen molar-refractivity contribution in [3.05, 3.63) is 35.0 Å². The number of hydrogen-bond donors (Lipinski definition) is 0. The fourth-order valence-electron chi connectivity index (χ4n) is 5.28. The van der Waals surface area contributed by atoms with E-state index in [-0.39, 0.29) is 12.2 Å². The van der Waals surface area contributed by atoms with Crippen molar-refractivity contribution in [3.8, 4) is 0 Å². The molecule has 33 heavy (non-hydrogen) atoms. The van der Waals surface area contributed by atoms with E-state index in [0.29, 0.717) is 18.5 Å². The number of anilines is 1. The number of nitrogens with zero attached hydrogens (tertiary/aromatic N) is 7. The van der Waals surface area contributed by atoms with Gasteiger partial charge in [-0.25, -0.2) is 15.0 Å². The number of hydrogen-bond acceptors (Lipinski definition) is 7. The molecule has 0 aromatic carbocycles. The maximum Gasteiger partial charge on any atom is 0.227 e. The van der Waals surface area contributed by atoms with E-state index >= 15 is 0 Å². The van der Waals surface area contributed by atoms with Crippen LogP contribution in [-0.4, -0.2) is 48.9 Å². The molecule has 0 amide bonds. The van der Waals surface area contributed by atoms with Crippen LogP contribution < -0.4 is 4.90 Å². The Balaban J connectivity index is 1.37. The van der Waals surface area contributed by atoms with E-state index in [0.717, 1.165) is 46.3 Å². The highest BCUT2D eigenvalue weighted by Crippen LogP contribution is 2.37. The van der Waals surface area contributed by atoms with Gasteiger partial charge in [0.15, 0.2) is 5.65 Å². The van der Waals surface area contributed by atoms with Crippen LogP contribution in [0, 0.1) is 13.8 Å². The molecule has 6 rings (SSSR count). The molecule has 2 unspecified atom stereocenters. The molecule has 3 fully saturated rings. The zero-order chi connectivity index (χ0) is 22.5. The Morgan fingerprint density at radius 3 is 2.48 bits per heavy atom. The molecular formula is C25H33N7O. The largest absolute Gasteiger partial charge is 0.367 e. The minimum absolute atomic E-state index is 0.0375. The molecule has 3 aromatic heterocycles. The Morgan fingerprint density at radius 1 is 0.909 bits per heavy atom. The quantitative estimate of drug-likeness (QED) is 0.579. The van der Waals surface area contributed by atoms with E-state index in [1.165, 1.54) is 44.9 Å². The molecule has 8 nitrogen and oxygen atoms in total. The molecule has 0 spiro atoms. The second kappa shape index (κ2) is 8.31. The Morgan fingerprint density at radius 2 is 1.70 bits per heavy atom. The smallest absolute Gasteiger partial charge is 0.227 e. The average Bonchev–Trinajstić information content (AvgIpc) is 3.55. The van der Waals surface area contributed by atoms with Gasteiger partial charge in [0.2, 0.25) is 5.95 Å². The van der Waals surface area contributed by atoms with E-state index in [1.807, 2.05) is 20.0 Å². The van der Waals surface area contributed by atoms with Crippen LogP contribution in [0.1, 0.15) is 92.6 Å². The first-order valence-electron chi connectivity index (χ1n) is 12.5. The van der Waals surface area contributed by atoms with Gasteiger partial charge in [0.1, 0.15) is 11.6 Å². The van der Waals surface area contributed by atoms with Crippen molar-refractivity contribution in [3.63, 3.8) is 0 Å². The lowest BCUT2D eigenvalue weighted by Gasteiger charge is -2.37. The first-order chi connectivity index (χ1) is 16.0. The Bertz CT molecular complexity index is 1170. The van der Waals surface area contributed by atoms with Gasteiger partial charge in [-0.2, -0.15) is 10.1 Å². The van der Waals surface area contributed by atoms with Gasteiger partial charge >= 0.3 is 0 Å². The van der Waals surface area contributed by atoms with E-state index < -0.39 is 0 Å². The predicted octanol–water partition coefficient (Wildman–Crippen LogP) is 4.58. The summed E-state index contributed by atoms with van der Waals surface area (Å²) in [5.41, 5.74) is 5.73. The van der Waals surface area contributed by atoms with E-state index in [1.54, 1.807) is 0 Å². The lowest BCUT2D eigenvalue weighted by atomic mass is 9.86. The standard InChI is InChI=1S/C25H33N7O/c1-15-12-31(14-21(33-15)19-11-26-32(13-19)20-9-10-20)25-29-22(18-7-5-4-6-8-18)23-24(30-25)28-17(3)16(2)27-23/h11,13,15,18,20-21H,4-10,12,14H2,1-3H3. The van der Waals surface area contributed by atoms with E-state index in [2.05, 4.69) is 27.8 Å². The number of fused-ring (bicyclic) bond motifs is 1. The summed E-state index contributed by atoms with van der Waals surface area (Å²) in [5, 5.41) is 4.58. The summed E-state index contributed by atoms with van der Waals surface area (Å²) in [6, 6.07) is 0.572. The topological polar surface area (TPSA) is 81.9 Å². The maximum absolute atomic E-state index is 6.33. The van der Waals surface area contributed by atoms with Gasteiger partial charge in [-0.15, -0.1) is 0 Å². The maximum atomic E-state index is 6.33. The monoisotopic (exact) mass is 447 g/mol. The summed E-state index contributed by atoms with van der Waals surface area (Å²) in [7, 11) is 0. The number of aryl methyl sites for hydroxylation is 2. The molecule has 3 aliphatic rings. The molecule has 2 atom stereocenters.